The summed E-state index contributed by atoms with van der Waals surface area (Å²) in [4.78, 5) is 12.5. The van der Waals surface area contributed by atoms with Gasteiger partial charge in [-0.1, -0.05) is 78.0 Å². The molecule has 0 fully saturated rings. The second-order valence-electron chi connectivity index (χ2n) is 10.6. The molecule has 4 rings (SSSR count). The number of aryl methyl sites for hydroxylation is 1. The molecule has 0 unspecified atom stereocenters. The van der Waals surface area contributed by atoms with Crippen LogP contribution in [0.1, 0.15) is 56.1 Å². The molecule has 38 heavy (non-hydrogen) atoms. The molecule has 5 heteroatoms. The molecular formula is C33H31ClO4. The summed E-state index contributed by atoms with van der Waals surface area (Å²) in [6.07, 6.45) is -1.18. The van der Waals surface area contributed by atoms with Gasteiger partial charge in [-0.3, -0.25) is 0 Å². The summed E-state index contributed by atoms with van der Waals surface area (Å²) in [7, 11) is 0. The third kappa shape index (κ3) is 6.09. The molecule has 2 N–H and O–H groups in total. The summed E-state index contributed by atoms with van der Waals surface area (Å²) < 4.78 is 6.09. The molecule has 0 bridgehead atoms. The highest BCUT2D eigenvalue weighted by Crippen LogP contribution is 2.41. The molecule has 0 aliphatic carbocycles. The first-order valence-corrected chi connectivity index (χ1v) is 12.8. The Labute approximate surface area is 228 Å². The fourth-order valence-corrected chi connectivity index (χ4v) is 4.64. The van der Waals surface area contributed by atoms with Gasteiger partial charge in [0.15, 0.2) is 6.10 Å². The molecule has 0 aliphatic heterocycles. The Balaban J connectivity index is 1.96. The van der Waals surface area contributed by atoms with Gasteiger partial charge in [0.05, 0.1) is 5.60 Å². The number of ether oxygens (including phenoxy) is 1. The summed E-state index contributed by atoms with van der Waals surface area (Å²) in [5, 5.41) is 23.6. The molecule has 4 aromatic carbocycles. The lowest BCUT2D eigenvalue weighted by atomic mass is 9.86. The third-order valence-electron chi connectivity index (χ3n) is 6.27. The van der Waals surface area contributed by atoms with Crippen LogP contribution in [0.25, 0.3) is 21.9 Å². The van der Waals surface area contributed by atoms with Crippen molar-refractivity contribution in [2.45, 2.75) is 51.9 Å². The van der Waals surface area contributed by atoms with E-state index in [4.69, 9.17) is 16.3 Å². The Kier molecular flexibility index (Phi) is 7.67. The van der Waals surface area contributed by atoms with E-state index in [1.165, 1.54) is 0 Å². The first kappa shape index (κ1) is 27.4. The van der Waals surface area contributed by atoms with Gasteiger partial charge in [0, 0.05) is 16.1 Å². The van der Waals surface area contributed by atoms with Crippen molar-refractivity contribution in [3.05, 3.63) is 106 Å². The predicted octanol–water partition coefficient (Wildman–Crippen LogP) is 7.67. The molecule has 0 spiro atoms. The van der Waals surface area contributed by atoms with Gasteiger partial charge in [-0.25, -0.2) is 4.79 Å². The monoisotopic (exact) mass is 526 g/mol. The van der Waals surface area contributed by atoms with Crippen LogP contribution in [0.15, 0.2) is 78.9 Å². The van der Waals surface area contributed by atoms with Crippen molar-refractivity contribution in [2.24, 2.45) is 0 Å². The second kappa shape index (κ2) is 10.6. The topological polar surface area (TPSA) is 66.8 Å². The van der Waals surface area contributed by atoms with E-state index in [-0.39, 0.29) is 0 Å². The van der Waals surface area contributed by atoms with Gasteiger partial charge in [-0.15, -0.1) is 0 Å². The van der Waals surface area contributed by atoms with Crippen molar-refractivity contribution in [3.8, 4) is 23.0 Å². The number of fused-ring (bicyclic) bond motifs is 1. The maximum Gasteiger partial charge on any atom is 0.337 e. The first-order valence-electron chi connectivity index (χ1n) is 12.4. The first-order chi connectivity index (χ1) is 17.9. The van der Waals surface area contributed by atoms with E-state index in [9.17, 15) is 15.0 Å². The number of aliphatic carboxylic acids is 1. The Morgan fingerprint density at radius 2 is 1.61 bits per heavy atom. The normalized spacial score (nSPS) is 13.9. The van der Waals surface area contributed by atoms with E-state index >= 15 is 0 Å². The average Bonchev–Trinajstić information content (AvgIpc) is 2.86. The van der Waals surface area contributed by atoms with Gasteiger partial charge in [0.2, 0.25) is 0 Å². The van der Waals surface area contributed by atoms with Gasteiger partial charge in [-0.2, -0.15) is 0 Å². The summed E-state index contributed by atoms with van der Waals surface area (Å²) in [6.45, 7) is 9.09. The van der Waals surface area contributed by atoms with Crippen LogP contribution in [0.4, 0.5) is 0 Å². The van der Waals surface area contributed by atoms with Crippen LogP contribution in [-0.4, -0.2) is 21.8 Å². The third-order valence-corrected chi connectivity index (χ3v) is 6.52. The van der Waals surface area contributed by atoms with Gasteiger partial charge >= 0.3 is 5.97 Å². The number of hydrogen-bond acceptors (Lipinski definition) is 3. The van der Waals surface area contributed by atoms with Crippen LogP contribution in [0.3, 0.4) is 0 Å². The van der Waals surface area contributed by atoms with Crippen LogP contribution in [-0.2, 0) is 15.1 Å². The number of carboxylic acid groups (broad SMARTS) is 1. The van der Waals surface area contributed by atoms with Gasteiger partial charge in [-0.05, 0) is 91.9 Å². The highest BCUT2D eigenvalue weighted by atomic mass is 35.5. The number of hydrogen-bond donors (Lipinski definition) is 2. The summed E-state index contributed by atoms with van der Waals surface area (Å²) in [5.41, 5.74) is 2.36. The Bertz CT molecular complexity index is 1540. The number of aliphatic hydroxyl groups is 1. The number of benzene rings is 4. The van der Waals surface area contributed by atoms with Crippen molar-refractivity contribution in [3.63, 3.8) is 0 Å². The SMILES string of the molecule is Cc1cc2ccc(C#C[C@@](C)(O)c3ccccc3)cc2c(-c2ccc(Cl)cc2)c1[C@H](OC(C)(C)C)C(=O)O. The maximum absolute atomic E-state index is 12.5. The van der Waals surface area contributed by atoms with Crippen LogP contribution in [0.5, 0.6) is 0 Å². The molecule has 0 aliphatic rings. The highest BCUT2D eigenvalue weighted by Gasteiger charge is 2.31. The summed E-state index contributed by atoms with van der Waals surface area (Å²) >= 11 is 6.19. The number of halogens is 1. The van der Waals surface area contributed by atoms with Gasteiger partial charge in [0.25, 0.3) is 0 Å². The lowest BCUT2D eigenvalue weighted by Gasteiger charge is -2.28. The minimum Gasteiger partial charge on any atom is -0.479 e. The van der Waals surface area contributed by atoms with Crippen LogP contribution < -0.4 is 0 Å². The van der Waals surface area contributed by atoms with E-state index in [1.54, 1.807) is 19.1 Å². The van der Waals surface area contributed by atoms with E-state index < -0.39 is 23.3 Å². The molecule has 194 valence electrons. The fourth-order valence-electron chi connectivity index (χ4n) is 4.51. The zero-order valence-corrected chi connectivity index (χ0v) is 22.9. The van der Waals surface area contributed by atoms with Crippen molar-refractivity contribution in [1.29, 1.82) is 0 Å². The van der Waals surface area contributed by atoms with Gasteiger partial charge in [0.1, 0.15) is 5.60 Å². The van der Waals surface area contributed by atoms with Crippen molar-refractivity contribution >= 4 is 28.3 Å². The quantitative estimate of drug-likeness (QED) is 0.262. The van der Waals surface area contributed by atoms with Crippen molar-refractivity contribution < 1.29 is 19.7 Å². The van der Waals surface area contributed by atoms with Crippen molar-refractivity contribution in [2.75, 3.05) is 0 Å². The summed E-state index contributed by atoms with van der Waals surface area (Å²) in [5.74, 6) is 5.05. The fraction of sp³-hybridized carbons (Fsp3) is 0.242. The minimum absolute atomic E-state index is 0.586. The van der Waals surface area contributed by atoms with E-state index in [2.05, 4.69) is 11.8 Å². The molecule has 0 aromatic heterocycles. The largest absolute Gasteiger partial charge is 0.479 e. The molecule has 0 heterocycles. The Morgan fingerprint density at radius 1 is 0.947 bits per heavy atom. The molecule has 0 radical (unpaired) electrons. The lowest BCUT2D eigenvalue weighted by Crippen LogP contribution is -2.28. The molecule has 0 saturated carbocycles. The van der Waals surface area contributed by atoms with Crippen molar-refractivity contribution in [1.82, 2.24) is 0 Å². The molecule has 4 aromatic rings. The summed E-state index contributed by atoms with van der Waals surface area (Å²) in [6, 6.07) is 24.4. The van der Waals surface area contributed by atoms with Crippen LogP contribution in [0.2, 0.25) is 5.02 Å². The zero-order chi connectivity index (χ0) is 27.7. The number of carboxylic acids is 1. The predicted molar refractivity (Wildman–Crippen MR) is 153 cm³/mol. The molecular weight excluding hydrogens is 496 g/mol. The van der Waals surface area contributed by atoms with Gasteiger partial charge < -0.3 is 14.9 Å². The van der Waals surface area contributed by atoms with Crippen LogP contribution in [0, 0.1) is 18.8 Å². The Morgan fingerprint density at radius 3 is 2.21 bits per heavy atom. The molecule has 2 atom stereocenters. The highest BCUT2D eigenvalue weighted by molar-refractivity contribution is 6.30. The number of carbonyl (C=O) groups is 1. The van der Waals surface area contributed by atoms with E-state index in [0.29, 0.717) is 21.7 Å². The van der Waals surface area contributed by atoms with Crippen LogP contribution >= 0.6 is 11.6 Å². The minimum atomic E-state index is -1.33. The Hall–Kier alpha value is -3.62. The molecule has 4 nitrogen and oxygen atoms in total. The average molecular weight is 527 g/mol. The smallest absolute Gasteiger partial charge is 0.337 e. The maximum atomic E-state index is 12.5. The molecule has 0 amide bonds. The lowest BCUT2D eigenvalue weighted by molar-refractivity contribution is -0.160. The van der Waals surface area contributed by atoms with E-state index in [1.807, 2.05) is 94.4 Å². The second-order valence-corrected chi connectivity index (χ2v) is 11.0. The zero-order valence-electron chi connectivity index (χ0n) is 22.2. The van der Waals surface area contributed by atoms with E-state index in [0.717, 1.165) is 27.5 Å². The standard InChI is InChI=1S/C33H31ClO4/c1-21-19-24-12-11-22(17-18-33(5,37)25-9-7-6-8-10-25)20-27(24)29(23-13-15-26(34)16-14-23)28(21)30(31(35)36)38-32(2,3)4/h6-16,19-20,30,37H,1-5H3,(H,35,36)/t30-,33+/m0/s1. The number of rotatable bonds is 5. The molecule has 0 saturated heterocycles.